The van der Waals surface area contributed by atoms with Crippen molar-refractivity contribution in [2.24, 2.45) is 0 Å². The Morgan fingerprint density at radius 1 is 0.452 bits per heavy atom. The van der Waals surface area contributed by atoms with Gasteiger partial charge in [0.05, 0.1) is 33.0 Å². The van der Waals surface area contributed by atoms with Gasteiger partial charge in [0.25, 0.3) is 28.8 Å². The molecule has 0 heterocycles. The summed E-state index contributed by atoms with van der Waals surface area (Å²) in [6.45, 7) is 20.0. The number of allylic oxidation sites excluding steroid dienone is 2. The van der Waals surface area contributed by atoms with Crippen LogP contribution in [0.5, 0.6) is 0 Å². The van der Waals surface area contributed by atoms with Crippen molar-refractivity contribution < 1.29 is 61.7 Å². The molecule has 434 valence electrons. The van der Waals surface area contributed by atoms with Gasteiger partial charge in [-0.2, -0.15) is 0 Å². The van der Waals surface area contributed by atoms with Crippen LogP contribution in [0.4, 0.5) is 0 Å². The number of hydrogen-bond donors (Lipinski definition) is 1. The van der Waals surface area contributed by atoms with E-state index in [-0.39, 0.29) is 54.4 Å². The van der Waals surface area contributed by atoms with E-state index in [4.69, 9.17) is 43.6 Å². The molecule has 0 rings (SSSR count). The lowest BCUT2D eigenvalue weighted by Crippen LogP contribution is -2.52. The van der Waals surface area contributed by atoms with Crippen molar-refractivity contribution in [2.45, 2.75) is 244 Å². The zero-order chi connectivity index (χ0) is 52.5. The highest BCUT2D eigenvalue weighted by Gasteiger charge is 2.18. The molecule has 0 amide bonds. The van der Waals surface area contributed by atoms with Gasteiger partial charge in [0.1, 0.15) is 25.4 Å². The van der Waals surface area contributed by atoms with Crippen LogP contribution in [0.3, 0.4) is 0 Å². The van der Waals surface area contributed by atoms with Gasteiger partial charge in [-0.05, 0) is 51.4 Å². The maximum atomic E-state index is 11.8. The summed E-state index contributed by atoms with van der Waals surface area (Å²) < 4.78 is 66.1. The van der Waals surface area contributed by atoms with Gasteiger partial charge in [0.2, 0.25) is 0 Å². The Hall–Kier alpha value is -1.27. The zero-order valence-corrected chi connectivity index (χ0v) is 49.6. The summed E-state index contributed by atoms with van der Waals surface area (Å²) in [5.74, 6) is 0. The number of hydrogen-bond acceptors (Lipinski definition) is 12. The van der Waals surface area contributed by atoms with Crippen molar-refractivity contribution >= 4 is 15.6 Å². The monoisotopic (exact) mass is 1080 g/mol. The summed E-state index contributed by atoms with van der Waals surface area (Å²) in [4.78, 5) is 26.9. The predicted octanol–water partition coefficient (Wildman–Crippen LogP) is 14.6. The fourth-order valence-electron chi connectivity index (χ4n) is 7.60. The standard InChI is InChI=1S/C28H54NO6P.C27H56NO6P.2CH3/c1-4-6-8-10-11-12-13-14-15-16-17-18-19-20-23-32-26-28(33-24-21-9-7-5-2)27-35-36(30,31)34-25-22-29-3;1-3-5-7-9-10-11-12-13-14-15-16-17-18-19-22-31-25-27(32-23-20-8-6-4-2)26-34-35(29,30)33-24-21-28;;/h3,5,28H,2,4,6-27H2,1H3;4,27H,2-3,5-26,28H2,1H3,(H,29,30);2*1H3/q;;2*+1. The highest BCUT2D eigenvalue weighted by molar-refractivity contribution is 7.46. The van der Waals surface area contributed by atoms with Crippen molar-refractivity contribution in [1.29, 1.82) is 0 Å². The highest BCUT2D eigenvalue weighted by Crippen LogP contribution is 2.39. The Morgan fingerprint density at radius 2 is 0.753 bits per heavy atom. The highest BCUT2D eigenvalue weighted by atomic mass is 31.2. The molecular weight excluding hydrogens is 967 g/mol. The van der Waals surface area contributed by atoms with Crippen LogP contribution in [0.1, 0.15) is 232 Å². The number of phosphoric acid groups is 2. The number of rotatable bonds is 58. The molecule has 0 spiro atoms. The molecule has 4 unspecified atom stereocenters. The van der Waals surface area contributed by atoms with E-state index in [1.165, 1.54) is 154 Å². The smallest absolute Gasteiger partial charge is 0.286 e. The molecule has 4 atom stereocenters. The minimum Gasteiger partial charge on any atom is -0.756 e. The Bertz CT molecular complexity index is 1250. The van der Waals surface area contributed by atoms with Gasteiger partial charge in [0, 0.05) is 41.3 Å². The van der Waals surface area contributed by atoms with Crippen molar-refractivity contribution in [2.75, 3.05) is 79.2 Å². The Kier molecular flexibility index (Phi) is 67.8. The second-order valence-electron chi connectivity index (χ2n) is 18.8. The van der Waals surface area contributed by atoms with Crippen LogP contribution in [-0.2, 0) is 46.2 Å². The topological polar surface area (TPSA) is 186 Å². The molecule has 0 saturated heterocycles. The summed E-state index contributed by atoms with van der Waals surface area (Å²) in [7, 11) is -8.74. The molecule has 0 aromatic rings. The van der Waals surface area contributed by atoms with E-state index in [9.17, 15) is 18.9 Å². The Labute approximate surface area is 450 Å². The van der Waals surface area contributed by atoms with E-state index in [1.54, 1.807) is 0 Å². The summed E-state index contributed by atoms with van der Waals surface area (Å²) >= 11 is 0. The zero-order valence-electron chi connectivity index (χ0n) is 47.8. The molecule has 0 saturated carbocycles. The maximum absolute atomic E-state index is 11.8. The van der Waals surface area contributed by atoms with Crippen LogP contribution < -0.4 is 15.5 Å². The van der Waals surface area contributed by atoms with Crippen LogP contribution in [0.2, 0.25) is 0 Å². The summed E-state index contributed by atoms with van der Waals surface area (Å²) in [6.07, 6.45) is 45.4. The quantitative estimate of drug-likeness (QED) is 0.0263. The van der Waals surface area contributed by atoms with Gasteiger partial charge in [-0.3, -0.25) is 9.13 Å². The molecule has 0 aliphatic carbocycles. The summed E-state index contributed by atoms with van der Waals surface area (Å²) in [5, 5.41) is 0. The second-order valence-corrected chi connectivity index (χ2v) is 21.6. The van der Waals surface area contributed by atoms with Gasteiger partial charge in [-0.1, -0.05) is 198 Å². The minimum absolute atomic E-state index is 0. The number of phosphoric ester groups is 2. The third kappa shape index (κ3) is 64.9. The van der Waals surface area contributed by atoms with Crippen LogP contribution in [0.25, 0.3) is 4.85 Å². The number of nitrogens with zero attached hydrogens (tertiary/aromatic N) is 1. The van der Waals surface area contributed by atoms with Gasteiger partial charge >= 0.3 is 0 Å². The molecule has 73 heavy (non-hydrogen) atoms. The molecule has 0 bridgehead atoms. The van der Waals surface area contributed by atoms with Crippen LogP contribution in [-0.4, -0.2) is 91.4 Å². The molecule has 0 radical (unpaired) electrons. The number of quaternary nitrogens is 1. The Morgan fingerprint density at radius 3 is 1.05 bits per heavy atom. The lowest BCUT2D eigenvalue weighted by molar-refractivity contribution is -0.373. The molecule has 14 nitrogen and oxygen atoms in total. The largest absolute Gasteiger partial charge is 0.756 e. The van der Waals surface area contributed by atoms with Crippen LogP contribution in [0, 0.1) is 21.4 Å². The SMILES string of the molecule is C#[N+]CCOP(=O)([O-])OCC(COCCCCCCCCCCCCCCCC)OCCCCC=C.C=CCCCCOC(COCCCCCCCCCCCCCCCC)COP(=O)([O-])OCC[NH3+].[CH3+].[CH3+]. The van der Waals surface area contributed by atoms with Gasteiger partial charge in [0.15, 0.2) is 0 Å². The molecule has 3 N–H and O–H groups in total. The van der Waals surface area contributed by atoms with E-state index in [1.807, 2.05) is 12.2 Å². The van der Waals surface area contributed by atoms with Gasteiger partial charge in [-0.25, -0.2) is 0 Å². The van der Waals surface area contributed by atoms with E-state index in [0.717, 1.165) is 64.2 Å². The average molecular weight is 1080 g/mol. The molecular formula is C57H116N2O12P2+2. The first-order chi connectivity index (χ1) is 34.6. The average Bonchev–Trinajstić information content (AvgIpc) is 3.35. The maximum Gasteiger partial charge on any atom is 0.286 e. The molecule has 0 aliphatic heterocycles. The fraction of sp³-hybridized carbons (Fsp3) is 0.877. The second kappa shape index (κ2) is 63.3. The Balaban J connectivity index is -0.000000635. The molecule has 16 heteroatoms. The first-order valence-electron chi connectivity index (χ1n) is 28.6. The minimum atomic E-state index is -4.42. The number of unbranched alkanes of at least 4 members (excludes halogenated alkanes) is 30. The third-order valence-corrected chi connectivity index (χ3v) is 13.8. The molecule has 0 aliphatic rings. The van der Waals surface area contributed by atoms with E-state index in [2.05, 4.69) is 37.6 Å². The summed E-state index contributed by atoms with van der Waals surface area (Å²) in [6, 6.07) is 0. The van der Waals surface area contributed by atoms with Gasteiger partial charge in [-0.15, -0.1) is 13.2 Å². The van der Waals surface area contributed by atoms with Crippen molar-refractivity contribution in [1.82, 2.24) is 0 Å². The van der Waals surface area contributed by atoms with Crippen molar-refractivity contribution in [3.8, 4) is 6.57 Å². The lowest BCUT2D eigenvalue weighted by atomic mass is 10.0. The molecule has 0 aromatic heterocycles. The van der Waals surface area contributed by atoms with Crippen molar-refractivity contribution in [3.63, 3.8) is 0 Å². The molecule has 0 aromatic carbocycles. The third-order valence-electron chi connectivity index (χ3n) is 11.9. The van der Waals surface area contributed by atoms with Crippen molar-refractivity contribution in [3.05, 3.63) is 45.0 Å². The van der Waals surface area contributed by atoms with E-state index in [0.29, 0.717) is 39.6 Å². The first-order valence-corrected chi connectivity index (χ1v) is 31.5. The summed E-state index contributed by atoms with van der Waals surface area (Å²) in [5.41, 5.74) is 3.56. The normalized spacial score (nSPS) is 13.6. The predicted molar refractivity (Wildman–Crippen MR) is 303 cm³/mol. The van der Waals surface area contributed by atoms with E-state index >= 15 is 0 Å². The van der Waals surface area contributed by atoms with E-state index < -0.39 is 27.9 Å². The molecule has 0 fully saturated rings. The lowest BCUT2D eigenvalue weighted by Gasteiger charge is -2.25. The first kappa shape index (κ1) is 78.2. The fourth-order valence-corrected chi connectivity index (χ4v) is 9.11. The van der Waals surface area contributed by atoms with Gasteiger partial charge < -0.3 is 52.6 Å². The number of ether oxygens (including phenoxy) is 4. The van der Waals surface area contributed by atoms with Crippen LogP contribution >= 0.6 is 15.6 Å². The van der Waals surface area contributed by atoms with Crippen LogP contribution in [0.15, 0.2) is 25.3 Å².